The van der Waals surface area contributed by atoms with Gasteiger partial charge in [-0.25, -0.2) is 4.79 Å². The van der Waals surface area contributed by atoms with Crippen molar-refractivity contribution in [3.05, 3.63) is 29.3 Å². The molecule has 0 saturated heterocycles. The van der Waals surface area contributed by atoms with Crippen LogP contribution in [-0.2, 0) is 9.59 Å². The van der Waals surface area contributed by atoms with Gasteiger partial charge in [0.05, 0.1) is 7.05 Å². The van der Waals surface area contributed by atoms with E-state index in [0.717, 1.165) is 0 Å². The third kappa shape index (κ3) is 8.50. The van der Waals surface area contributed by atoms with Crippen molar-refractivity contribution in [1.82, 2.24) is 10.6 Å². The van der Waals surface area contributed by atoms with Gasteiger partial charge < -0.3 is 15.5 Å². The maximum atomic E-state index is 11.9. The highest BCUT2D eigenvalue weighted by Gasteiger charge is 2.16. The highest BCUT2D eigenvalue weighted by Crippen LogP contribution is 2.12. The van der Waals surface area contributed by atoms with Gasteiger partial charge in [0.1, 0.15) is 0 Å². The normalized spacial score (nSPS) is 11.7. The molecule has 8 heteroatoms. The Balaban J connectivity index is 2.32. The minimum Gasteiger partial charge on any atom is -0.338 e. The summed E-state index contributed by atoms with van der Waals surface area (Å²) in [4.78, 5) is 35.8. The Morgan fingerprint density at radius 1 is 1.08 bits per heavy atom. The maximum absolute atomic E-state index is 11.9. The van der Waals surface area contributed by atoms with Gasteiger partial charge in [-0.05, 0) is 30.2 Å². The van der Waals surface area contributed by atoms with Crippen molar-refractivity contribution in [3.8, 4) is 0 Å². The molecule has 0 aliphatic carbocycles. The first-order valence-electron chi connectivity index (χ1n) is 7.70. The van der Waals surface area contributed by atoms with Crippen LogP contribution in [-0.4, -0.2) is 44.5 Å². The van der Waals surface area contributed by atoms with E-state index in [1.54, 1.807) is 31.3 Å². The molecule has 1 rings (SSSR count). The van der Waals surface area contributed by atoms with Gasteiger partial charge in [-0.3, -0.25) is 14.9 Å². The fourth-order valence-electron chi connectivity index (χ4n) is 1.86. The second-order valence-corrected chi connectivity index (χ2v) is 6.45. The molecule has 0 radical (unpaired) electrons. The zero-order valence-electron chi connectivity index (χ0n) is 14.1. The lowest BCUT2D eigenvalue weighted by atomic mass is 10.2. The number of nitrogens with one attached hydrogen (secondary N) is 4. The molecule has 1 aromatic carbocycles. The number of hydrogen-bond acceptors (Lipinski definition) is 3. The Hall–Kier alpha value is -2.12. The highest BCUT2D eigenvalue weighted by atomic mass is 35.5. The monoisotopic (exact) mass is 355 g/mol. The molecule has 132 valence electrons. The minimum absolute atomic E-state index is 0.0170. The molecule has 0 aliphatic heterocycles. The number of rotatable bonds is 7. The van der Waals surface area contributed by atoms with Crippen LogP contribution in [0.15, 0.2) is 24.3 Å². The van der Waals surface area contributed by atoms with Crippen molar-refractivity contribution in [2.24, 2.45) is 5.92 Å². The molecule has 1 aromatic rings. The molecule has 0 saturated carbocycles. The lowest BCUT2D eigenvalue weighted by Gasteiger charge is -2.14. The Morgan fingerprint density at radius 2 is 1.67 bits per heavy atom. The second kappa shape index (κ2) is 9.89. The van der Waals surface area contributed by atoms with Gasteiger partial charge in [-0.15, -0.1) is 0 Å². The molecular weight excluding hydrogens is 332 g/mol. The molecule has 4 N–H and O–H groups in total. The summed E-state index contributed by atoms with van der Waals surface area (Å²) in [6, 6.07) is 6.23. The number of hydrogen-bond donors (Lipinski definition) is 4. The van der Waals surface area contributed by atoms with Crippen molar-refractivity contribution in [3.63, 3.8) is 0 Å². The van der Waals surface area contributed by atoms with E-state index in [-0.39, 0.29) is 19.0 Å². The molecule has 7 nitrogen and oxygen atoms in total. The van der Waals surface area contributed by atoms with Gasteiger partial charge in [0, 0.05) is 17.3 Å². The van der Waals surface area contributed by atoms with E-state index in [4.69, 9.17) is 11.6 Å². The van der Waals surface area contributed by atoms with Crippen LogP contribution in [0.4, 0.5) is 10.5 Å². The van der Waals surface area contributed by atoms with Crippen molar-refractivity contribution in [2.75, 3.05) is 32.0 Å². The number of anilines is 1. The average molecular weight is 356 g/mol. The molecular formula is C16H24ClN4O3+. The Labute approximate surface area is 146 Å². The first-order chi connectivity index (χ1) is 11.3. The largest absolute Gasteiger partial charge is 0.338 e. The van der Waals surface area contributed by atoms with E-state index in [2.05, 4.69) is 16.0 Å². The number of likely N-dealkylation sites (N-methyl/N-ethyl adjacent to an activating group) is 1. The first kappa shape index (κ1) is 19.9. The van der Waals surface area contributed by atoms with Crippen LogP contribution >= 0.6 is 11.6 Å². The number of quaternary nitrogens is 1. The third-order valence-electron chi connectivity index (χ3n) is 2.98. The lowest BCUT2D eigenvalue weighted by molar-refractivity contribution is -0.862. The number of imide groups is 1. The second-order valence-electron chi connectivity index (χ2n) is 6.02. The van der Waals surface area contributed by atoms with Crippen LogP contribution < -0.4 is 20.9 Å². The smallest absolute Gasteiger partial charge is 0.321 e. The predicted molar refractivity (Wildman–Crippen MR) is 93.1 cm³/mol. The van der Waals surface area contributed by atoms with E-state index in [0.29, 0.717) is 28.1 Å². The van der Waals surface area contributed by atoms with Crippen molar-refractivity contribution < 1.29 is 19.3 Å². The predicted octanol–water partition coefficient (Wildman–Crippen LogP) is 0.275. The molecule has 1 atom stereocenters. The summed E-state index contributed by atoms with van der Waals surface area (Å²) >= 11 is 5.78. The summed E-state index contributed by atoms with van der Waals surface area (Å²) < 4.78 is 0. The fraction of sp³-hybridized carbons (Fsp3) is 0.438. The van der Waals surface area contributed by atoms with Gasteiger partial charge in [0.2, 0.25) is 0 Å². The van der Waals surface area contributed by atoms with E-state index in [1.807, 2.05) is 13.8 Å². The first-order valence-corrected chi connectivity index (χ1v) is 8.08. The molecule has 0 aromatic heterocycles. The number of amides is 4. The molecule has 1 unspecified atom stereocenters. The summed E-state index contributed by atoms with van der Waals surface area (Å²) in [5.41, 5.74) is 0.634. The quantitative estimate of drug-likeness (QED) is 0.566. The minimum atomic E-state index is -0.521. The number of benzene rings is 1. The van der Waals surface area contributed by atoms with Crippen molar-refractivity contribution >= 4 is 35.1 Å². The third-order valence-corrected chi connectivity index (χ3v) is 3.23. The number of carbonyl (C=O) groups excluding carboxylic acids is 3. The standard InChI is InChI=1S/C16H23ClN4O3/c1-11(2)8-18-16(24)20-15(23)10-21(3)9-14(22)19-13-6-4-12(17)5-7-13/h4-7,11H,8-10H2,1-3H3,(H,19,22)(H2,18,20,23,24)/p+1. The van der Waals surface area contributed by atoms with Crippen LogP contribution in [0.25, 0.3) is 0 Å². The molecule has 0 fully saturated rings. The molecule has 0 bridgehead atoms. The highest BCUT2D eigenvalue weighted by molar-refractivity contribution is 6.30. The van der Waals surface area contributed by atoms with Crippen LogP contribution in [0.5, 0.6) is 0 Å². The summed E-state index contributed by atoms with van der Waals surface area (Å²) in [6.45, 7) is 4.52. The van der Waals surface area contributed by atoms with Crippen molar-refractivity contribution in [2.45, 2.75) is 13.8 Å². The molecule has 0 spiro atoms. The van der Waals surface area contributed by atoms with E-state index in [9.17, 15) is 14.4 Å². The molecule has 4 amide bonds. The van der Waals surface area contributed by atoms with Gasteiger partial charge in [-0.2, -0.15) is 0 Å². The Morgan fingerprint density at radius 3 is 2.25 bits per heavy atom. The molecule has 24 heavy (non-hydrogen) atoms. The summed E-state index contributed by atoms with van der Waals surface area (Å²) in [5.74, 6) is -0.365. The van der Waals surface area contributed by atoms with E-state index < -0.39 is 11.9 Å². The SMILES string of the molecule is CC(C)CNC(=O)NC(=O)C[NH+](C)CC(=O)Nc1ccc(Cl)cc1. The Bertz CT molecular complexity index is 575. The van der Waals surface area contributed by atoms with Gasteiger partial charge >= 0.3 is 6.03 Å². The van der Waals surface area contributed by atoms with Gasteiger partial charge in [0.15, 0.2) is 13.1 Å². The fourth-order valence-corrected chi connectivity index (χ4v) is 1.99. The maximum Gasteiger partial charge on any atom is 0.321 e. The summed E-state index contributed by atoms with van der Waals surface area (Å²) in [7, 11) is 1.70. The van der Waals surface area contributed by atoms with Crippen molar-refractivity contribution in [1.29, 1.82) is 0 Å². The molecule has 0 aliphatic rings. The average Bonchev–Trinajstić information content (AvgIpc) is 2.47. The summed E-state index contributed by atoms with van der Waals surface area (Å²) in [6.07, 6.45) is 0. The van der Waals surface area contributed by atoms with Gasteiger partial charge in [0.25, 0.3) is 11.8 Å². The van der Waals surface area contributed by atoms with E-state index in [1.165, 1.54) is 0 Å². The van der Waals surface area contributed by atoms with Crippen LogP contribution in [0.1, 0.15) is 13.8 Å². The number of halogens is 1. The zero-order chi connectivity index (χ0) is 18.1. The van der Waals surface area contributed by atoms with Crippen LogP contribution in [0.3, 0.4) is 0 Å². The van der Waals surface area contributed by atoms with Crippen LogP contribution in [0.2, 0.25) is 5.02 Å². The van der Waals surface area contributed by atoms with Gasteiger partial charge in [-0.1, -0.05) is 25.4 Å². The lowest BCUT2D eigenvalue weighted by Crippen LogP contribution is -3.11. The number of urea groups is 1. The zero-order valence-corrected chi connectivity index (χ0v) is 14.9. The number of carbonyl (C=O) groups is 3. The Kier molecular flexibility index (Phi) is 8.21. The summed E-state index contributed by atoms with van der Waals surface area (Å²) in [5, 5.41) is 8.14. The topological polar surface area (TPSA) is 91.7 Å². The van der Waals surface area contributed by atoms with Crippen LogP contribution in [0, 0.1) is 5.92 Å². The molecule has 0 heterocycles. The van der Waals surface area contributed by atoms with E-state index >= 15 is 0 Å².